The van der Waals surface area contributed by atoms with Crippen LogP contribution in [-0.4, -0.2) is 24.3 Å². The largest absolute Gasteiger partial charge is 0.418 e. The van der Waals surface area contributed by atoms with Crippen LogP contribution in [0.1, 0.15) is 38.8 Å². The number of ether oxygens (including phenoxy) is 1. The van der Waals surface area contributed by atoms with Crippen LogP contribution in [-0.2, 0) is 10.9 Å². The van der Waals surface area contributed by atoms with Gasteiger partial charge in [0.1, 0.15) is 0 Å². The van der Waals surface area contributed by atoms with Crippen molar-refractivity contribution >= 4 is 5.69 Å². The normalized spacial score (nSPS) is 20.5. The van der Waals surface area contributed by atoms with Crippen molar-refractivity contribution in [2.45, 2.75) is 45.1 Å². The lowest BCUT2D eigenvalue weighted by Crippen LogP contribution is -2.57. The van der Waals surface area contributed by atoms with E-state index in [0.717, 1.165) is 6.07 Å². The van der Waals surface area contributed by atoms with Crippen LogP contribution in [0.4, 0.5) is 18.9 Å². The van der Waals surface area contributed by atoms with E-state index >= 15 is 0 Å². The van der Waals surface area contributed by atoms with Crippen LogP contribution < -0.4 is 4.90 Å². The van der Waals surface area contributed by atoms with Crippen molar-refractivity contribution in [1.29, 1.82) is 5.26 Å². The van der Waals surface area contributed by atoms with Gasteiger partial charge in [-0.05, 0) is 45.9 Å². The third-order valence-electron chi connectivity index (χ3n) is 3.47. The van der Waals surface area contributed by atoms with E-state index in [1.165, 1.54) is 12.1 Å². The summed E-state index contributed by atoms with van der Waals surface area (Å²) in [5, 5.41) is 8.98. The molecule has 2 rings (SSSR count). The molecule has 1 aliphatic rings. The fraction of sp³-hybridized carbons (Fsp3) is 0.562. The summed E-state index contributed by atoms with van der Waals surface area (Å²) >= 11 is 0. The van der Waals surface area contributed by atoms with Crippen LogP contribution in [0.25, 0.3) is 0 Å². The van der Waals surface area contributed by atoms with Crippen molar-refractivity contribution in [2.24, 2.45) is 0 Å². The molecule has 1 aromatic carbocycles. The molecule has 1 heterocycles. The molecule has 0 spiro atoms. The van der Waals surface area contributed by atoms with Gasteiger partial charge in [-0.15, -0.1) is 0 Å². The molecule has 0 unspecified atom stereocenters. The average Bonchev–Trinajstić information content (AvgIpc) is 2.33. The summed E-state index contributed by atoms with van der Waals surface area (Å²) < 4.78 is 45.8. The first-order valence-corrected chi connectivity index (χ1v) is 7.00. The second kappa shape index (κ2) is 5.17. The van der Waals surface area contributed by atoms with E-state index < -0.39 is 22.9 Å². The third kappa shape index (κ3) is 3.53. The summed E-state index contributed by atoms with van der Waals surface area (Å²) in [6.07, 6.45) is -4.46. The minimum Gasteiger partial charge on any atom is -0.366 e. The first-order chi connectivity index (χ1) is 9.93. The molecule has 1 aromatic rings. The van der Waals surface area contributed by atoms with Crippen molar-refractivity contribution in [1.82, 2.24) is 0 Å². The molecule has 120 valence electrons. The first-order valence-electron chi connectivity index (χ1n) is 7.00. The fourth-order valence-electron chi connectivity index (χ4n) is 3.06. The molecule has 0 bridgehead atoms. The maximum Gasteiger partial charge on any atom is 0.418 e. The Balaban J connectivity index is 2.53. The Labute approximate surface area is 128 Å². The zero-order valence-electron chi connectivity index (χ0n) is 13.1. The van der Waals surface area contributed by atoms with Gasteiger partial charge in [-0.25, -0.2) is 0 Å². The minimum atomic E-state index is -4.46. The molecule has 0 N–H and O–H groups in total. The molecule has 3 nitrogen and oxygen atoms in total. The number of alkyl halides is 3. The van der Waals surface area contributed by atoms with Crippen LogP contribution in [0.15, 0.2) is 18.2 Å². The molecular formula is C16H19F3N2O. The summed E-state index contributed by atoms with van der Waals surface area (Å²) in [6, 6.07) is 5.38. The number of benzene rings is 1. The van der Waals surface area contributed by atoms with Gasteiger partial charge in [0.15, 0.2) is 0 Å². The smallest absolute Gasteiger partial charge is 0.366 e. The predicted octanol–water partition coefficient (Wildman–Crippen LogP) is 3.97. The van der Waals surface area contributed by atoms with E-state index in [9.17, 15) is 13.2 Å². The van der Waals surface area contributed by atoms with Gasteiger partial charge in [0.05, 0.1) is 34.1 Å². The van der Waals surface area contributed by atoms with E-state index in [0.29, 0.717) is 13.1 Å². The minimum absolute atomic E-state index is 0.0380. The molecule has 0 aromatic heterocycles. The standard InChI is InChI=1S/C16H19F3N2O/c1-14(2)9-21(10-15(3,4)22-14)13-7-11(8-20)5-6-12(13)16(17,18)19/h5-7H,9-10H2,1-4H3. The summed E-state index contributed by atoms with van der Waals surface area (Å²) in [5.41, 5.74) is -1.62. The van der Waals surface area contributed by atoms with Gasteiger partial charge in [0.2, 0.25) is 0 Å². The summed E-state index contributed by atoms with van der Waals surface area (Å²) in [7, 11) is 0. The second-order valence-electron chi connectivity index (χ2n) is 6.82. The molecule has 1 saturated heterocycles. The Morgan fingerprint density at radius 2 is 1.68 bits per heavy atom. The van der Waals surface area contributed by atoms with E-state index in [2.05, 4.69) is 0 Å². The van der Waals surface area contributed by atoms with E-state index in [-0.39, 0.29) is 11.3 Å². The molecule has 0 amide bonds. The number of nitrogens with zero attached hydrogens (tertiary/aromatic N) is 2. The molecule has 0 aliphatic carbocycles. The maximum atomic E-state index is 13.3. The summed E-state index contributed by atoms with van der Waals surface area (Å²) in [5.74, 6) is 0. The average molecular weight is 312 g/mol. The van der Waals surface area contributed by atoms with E-state index in [4.69, 9.17) is 10.00 Å². The Morgan fingerprint density at radius 3 is 2.14 bits per heavy atom. The van der Waals surface area contributed by atoms with Crippen LogP contribution in [0.3, 0.4) is 0 Å². The van der Waals surface area contributed by atoms with Gasteiger partial charge in [-0.1, -0.05) is 0 Å². The van der Waals surface area contributed by atoms with Gasteiger partial charge < -0.3 is 9.64 Å². The highest BCUT2D eigenvalue weighted by atomic mass is 19.4. The molecule has 22 heavy (non-hydrogen) atoms. The zero-order chi connectivity index (χ0) is 16.8. The number of halogens is 3. The summed E-state index contributed by atoms with van der Waals surface area (Å²) in [6.45, 7) is 8.05. The number of nitriles is 1. The van der Waals surface area contributed by atoms with Crippen LogP contribution in [0, 0.1) is 11.3 Å². The van der Waals surface area contributed by atoms with Crippen molar-refractivity contribution < 1.29 is 17.9 Å². The molecule has 0 atom stereocenters. The monoisotopic (exact) mass is 312 g/mol. The molecule has 6 heteroatoms. The van der Waals surface area contributed by atoms with Gasteiger partial charge in [0.25, 0.3) is 0 Å². The molecular weight excluding hydrogens is 293 g/mol. The number of rotatable bonds is 1. The van der Waals surface area contributed by atoms with Crippen molar-refractivity contribution in [2.75, 3.05) is 18.0 Å². The lowest BCUT2D eigenvalue weighted by atomic mass is 9.97. The highest BCUT2D eigenvalue weighted by molar-refractivity contribution is 5.59. The predicted molar refractivity (Wildman–Crippen MR) is 77.6 cm³/mol. The SMILES string of the molecule is CC1(C)CN(c2cc(C#N)ccc2C(F)(F)F)CC(C)(C)O1. The Bertz CT molecular complexity index is 599. The number of morpholine rings is 1. The zero-order valence-corrected chi connectivity index (χ0v) is 13.1. The topological polar surface area (TPSA) is 36.3 Å². The van der Waals surface area contributed by atoms with Crippen LogP contribution in [0.5, 0.6) is 0 Å². The van der Waals surface area contributed by atoms with Gasteiger partial charge in [0, 0.05) is 13.1 Å². The lowest BCUT2D eigenvalue weighted by Gasteiger charge is -2.48. The number of hydrogen-bond acceptors (Lipinski definition) is 3. The lowest BCUT2D eigenvalue weighted by molar-refractivity contribution is -0.141. The molecule has 0 saturated carbocycles. The Hall–Kier alpha value is -1.74. The number of hydrogen-bond donors (Lipinski definition) is 0. The number of anilines is 1. The van der Waals surface area contributed by atoms with E-state index in [1.807, 2.05) is 33.8 Å². The van der Waals surface area contributed by atoms with Crippen molar-refractivity contribution in [3.63, 3.8) is 0 Å². The molecule has 1 aliphatic heterocycles. The Morgan fingerprint density at radius 1 is 1.14 bits per heavy atom. The molecule has 0 radical (unpaired) electrons. The van der Waals surface area contributed by atoms with Crippen LogP contribution >= 0.6 is 0 Å². The van der Waals surface area contributed by atoms with E-state index in [1.54, 1.807) is 4.90 Å². The van der Waals surface area contributed by atoms with Gasteiger partial charge >= 0.3 is 6.18 Å². The summed E-state index contributed by atoms with van der Waals surface area (Å²) in [4.78, 5) is 1.66. The van der Waals surface area contributed by atoms with Crippen LogP contribution in [0.2, 0.25) is 0 Å². The van der Waals surface area contributed by atoms with Crippen molar-refractivity contribution in [3.05, 3.63) is 29.3 Å². The third-order valence-corrected chi connectivity index (χ3v) is 3.47. The van der Waals surface area contributed by atoms with Crippen molar-refractivity contribution in [3.8, 4) is 6.07 Å². The fourth-order valence-corrected chi connectivity index (χ4v) is 3.06. The van der Waals surface area contributed by atoms with Gasteiger partial charge in [-0.2, -0.15) is 18.4 Å². The Kier molecular flexibility index (Phi) is 3.90. The van der Waals surface area contributed by atoms with Gasteiger partial charge in [-0.3, -0.25) is 0 Å². The first kappa shape index (κ1) is 16.6. The maximum absolute atomic E-state index is 13.3. The second-order valence-corrected chi connectivity index (χ2v) is 6.82. The molecule has 1 fully saturated rings. The quantitative estimate of drug-likeness (QED) is 0.787. The highest BCUT2D eigenvalue weighted by Crippen LogP contribution is 2.40. The highest BCUT2D eigenvalue weighted by Gasteiger charge is 2.41.